The van der Waals surface area contributed by atoms with Crippen LogP contribution in [-0.4, -0.2) is 60.7 Å². The SMILES string of the molecule is C[C@H]1CN2CCN(C(=O)OCc3ccccc3)CC2CN1. The number of benzene rings is 1. The van der Waals surface area contributed by atoms with Crippen molar-refractivity contribution in [2.45, 2.75) is 25.6 Å². The fourth-order valence-electron chi connectivity index (χ4n) is 3.06. The molecular weight excluding hydrogens is 266 g/mol. The highest BCUT2D eigenvalue weighted by Gasteiger charge is 2.33. The van der Waals surface area contributed by atoms with Gasteiger partial charge in [-0.1, -0.05) is 30.3 Å². The van der Waals surface area contributed by atoms with Crippen LogP contribution in [0.1, 0.15) is 12.5 Å². The van der Waals surface area contributed by atoms with Crippen LogP contribution in [0.4, 0.5) is 4.79 Å². The average Bonchev–Trinajstić information content (AvgIpc) is 2.53. The van der Waals surface area contributed by atoms with Crippen LogP contribution < -0.4 is 5.32 Å². The van der Waals surface area contributed by atoms with Gasteiger partial charge in [-0.2, -0.15) is 0 Å². The number of nitrogens with one attached hydrogen (secondary N) is 1. The number of carbonyl (C=O) groups excluding carboxylic acids is 1. The Hall–Kier alpha value is -1.59. The molecule has 2 aliphatic heterocycles. The first-order valence-corrected chi connectivity index (χ1v) is 7.65. The molecule has 0 aliphatic carbocycles. The van der Waals surface area contributed by atoms with Gasteiger partial charge in [0.15, 0.2) is 0 Å². The smallest absolute Gasteiger partial charge is 0.410 e. The van der Waals surface area contributed by atoms with E-state index in [2.05, 4.69) is 17.1 Å². The largest absolute Gasteiger partial charge is 0.445 e. The lowest BCUT2D eigenvalue weighted by Crippen LogP contribution is -2.64. The van der Waals surface area contributed by atoms with Gasteiger partial charge < -0.3 is 15.0 Å². The maximum atomic E-state index is 12.2. The monoisotopic (exact) mass is 289 g/mol. The molecule has 2 heterocycles. The molecule has 1 aromatic rings. The normalized spacial score (nSPS) is 26.2. The van der Waals surface area contributed by atoms with Crippen molar-refractivity contribution in [1.82, 2.24) is 15.1 Å². The molecule has 5 nitrogen and oxygen atoms in total. The van der Waals surface area contributed by atoms with Crippen molar-refractivity contribution in [3.63, 3.8) is 0 Å². The van der Waals surface area contributed by atoms with Gasteiger partial charge in [-0.15, -0.1) is 0 Å². The van der Waals surface area contributed by atoms with Crippen LogP contribution in [0, 0.1) is 0 Å². The van der Waals surface area contributed by atoms with E-state index in [1.165, 1.54) is 0 Å². The summed E-state index contributed by atoms with van der Waals surface area (Å²) in [4.78, 5) is 16.5. The maximum Gasteiger partial charge on any atom is 0.410 e. The van der Waals surface area contributed by atoms with Crippen LogP contribution in [0.3, 0.4) is 0 Å². The van der Waals surface area contributed by atoms with Gasteiger partial charge in [-0.3, -0.25) is 4.90 Å². The Kier molecular flexibility index (Phi) is 4.41. The van der Waals surface area contributed by atoms with Crippen molar-refractivity contribution in [1.29, 1.82) is 0 Å². The number of hydrogen-bond donors (Lipinski definition) is 1. The van der Waals surface area contributed by atoms with E-state index < -0.39 is 0 Å². The number of nitrogens with zero attached hydrogens (tertiary/aromatic N) is 2. The highest BCUT2D eigenvalue weighted by atomic mass is 16.6. The molecule has 0 radical (unpaired) electrons. The lowest BCUT2D eigenvalue weighted by molar-refractivity contribution is 0.0307. The van der Waals surface area contributed by atoms with Crippen molar-refractivity contribution >= 4 is 6.09 Å². The van der Waals surface area contributed by atoms with E-state index in [1.807, 2.05) is 35.2 Å². The molecule has 21 heavy (non-hydrogen) atoms. The van der Waals surface area contributed by atoms with Crippen LogP contribution in [0.2, 0.25) is 0 Å². The summed E-state index contributed by atoms with van der Waals surface area (Å²) in [7, 11) is 0. The Morgan fingerprint density at radius 1 is 1.29 bits per heavy atom. The summed E-state index contributed by atoms with van der Waals surface area (Å²) in [5, 5.41) is 3.48. The Balaban J connectivity index is 1.50. The minimum atomic E-state index is -0.197. The van der Waals surface area contributed by atoms with Crippen molar-refractivity contribution in [2.75, 3.05) is 32.7 Å². The Labute approximate surface area is 125 Å². The van der Waals surface area contributed by atoms with E-state index in [0.717, 1.165) is 38.3 Å². The molecule has 2 saturated heterocycles. The fourth-order valence-corrected chi connectivity index (χ4v) is 3.06. The molecule has 1 unspecified atom stereocenters. The topological polar surface area (TPSA) is 44.8 Å². The van der Waals surface area contributed by atoms with Crippen LogP contribution in [0.15, 0.2) is 30.3 Å². The van der Waals surface area contributed by atoms with Gasteiger partial charge in [0.1, 0.15) is 6.61 Å². The molecule has 2 atom stereocenters. The molecular formula is C16H23N3O2. The first kappa shape index (κ1) is 14.4. The van der Waals surface area contributed by atoms with Crippen LogP contribution >= 0.6 is 0 Å². The molecule has 3 rings (SSSR count). The lowest BCUT2D eigenvalue weighted by atomic mass is 10.1. The predicted molar refractivity (Wildman–Crippen MR) is 81.0 cm³/mol. The van der Waals surface area contributed by atoms with Gasteiger partial charge in [0, 0.05) is 44.8 Å². The lowest BCUT2D eigenvalue weighted by Gasteiger charge is -2.45. The van der Waals surface area contributed by atoms with Gasteiger partial charge in [-0.25, -0.2) is 4.79 Å². The number of fused-ring (bicyclic) bond motifs is 1. The standard InChI is InChI=1S/C16H23N3O2/c1-13-10-18-7-8-19(11-15(18)9-17-13)16(20)21-12-14-5-3-2-4-6-14/h2-6,13,15,17H,7-12H2,1H3/t13-,15?/m0/s1. The highest BCUT2D eigenvalue weighted by molar-refractivity contribution is 5.67. The minimum Gasteiger partial charge on any atom is -0.445 e. The zero-order valence-corrected chi connectivity index (χ0v) is 12.5. The van der Waals surface area contributed by atoms with E-state index in [0.29, 0.717) is 18.7 Å². The third kappa shape index (κ3) is 3.54. The van der Waals surface area contributed by atoms with E-state index in [1.54, 1.807) is 0 Å². The van der Waals surface area contributed by atoms with Crippen molar-refractivity contribution in [3.05, 3.63) is 35.9 Å². The zero-order chi connectivity index (χ0) is 14.7. The van der Waals surface area contributed by atoms with Crippen LogP contribution in [-0.2, 0) is 11.3 Å². The summed E-state index contributed by atoms with van der Waals surface area (Å²) >= 11 is 0. The number of amides is 1. The summed E-state index contributed by atoms with van der Waals surface area (Å²) < 4.78 is 5.42. The molecule has 0 bridgehead atoms. The zero-order valence-electron chi connectivity index (χ0n) is 12.5. The molecule has 114 valence electrons. The maximum absolute atomic E-state index is 12.2. The predicted octanol–water partition coefficient (Wildman–Crippen LogP) is 1.30. The molecule has 1 amide bonds. The summed E-state index contributed by atoms with van der Waals surface area (Å²) in [5.74, 6) is 0. The number of piperazine rings is 2. The van der Waals surface area contributed by atoms with E-state index >= 15 is 0 Å². The third-order valence-electron chi connectivity index (χ3n) is 4.28. The van der Waals surface area contributed by atoms with Crippen LogP contribution in [0.25, 0.3) is 0 Å². The minimum absolute atomic E-state index is 0.197. The Bertz CT molecular complexity index is 480. The van der Waals surface area contributed by atoms with Gasteiger partial charge in [-0.05, 0) is 12.5 Å². The second-order valence-corrected chi connectivity index (χ2v) is 5.94. The van der Waals surface area contributed by atoms with E-state index in [4.69, 9.17) is 4.74 Å². The quantitative estimate of drug-likeness (QED) is 0.891. The fraction of sp³-hybridized carbons (Fsp3) is 0.562. The van der Waals surface area contributed by atoms with Crippen molar-refractivity contribution in [2.24, 2.45) is 0 Å². The van der Waals surface area contributed by atoms with Gasteiger partial charge >= 0.3 is 6.09 Å². The van der Waals surface area contributed by atoms with E-state index in [9.17, 15) is 4.79 Å². The molecule has 1 aromatic carbocycles. The molecule has 0 spiro atoms. The summed E-state index contributed by atoms with van der Waals surface area (Å²) in [6.45, 7) is 7.03. The second kappa shape index (κ2) is 6.45. The number of ether oxygens (including phenoxy) is 1. The first-order valence-electron chi connectivity index (χ1n) is 7.65. The van der Waals surface area contributed by atoms with E-state index in [-0.39, 0.29) is 6.09 Å². The number of hydrogen-bond acceptors (Lipinski definition) is 4. The molecule has 0 aromatic heterocycles. The van der Waals surface area contributed by atoms with Gasteiger partial charge in [0.05, 0.1) is 0 Å². The highest BCUT2D eigenvalue weighted by Crippen LogP contribution is 2.15. The number of rotatable bonds is 2. The summed E-state index contributed by atoms with van der Waals surface area (Å²) in [6, 6.07) is 10.8. The van der Waals surface area contributed by atoms with Gasteiger partial charge in [0.25, 0.3) is 0 Å². The molecule has 2 fully saturated rings. The van der Waals surface area contributed by atoms with Crippen molar-refractivity contribution in [3.8, 4) is 0 Å². The third-order valence-corrected chi connectivity index (χ3v) is 4.28. The molecule has 0 saturated carbocycles. The second-order valence-electron chi connectivity index (χ2n) is 5.94. The summed E-state index contributed by atoms with van der Waals surface area (Å²) in [5.41, 5.74) is 1.03. The van der Waals surface area contributed by atoms with Crippen LogP contribution in [0.5, 0.6) is 0 Å². The van der Waals surface area contributed by atoms with Crippen molar-refractivity contribution < 1.29 is 9.53 Å². The summed E-state index contributed by atoms with van der Waals surface area (Å²) in [6.07, 6.45) is -0.197. The number of carbonyl (C=O) groups is 1. The Morgan fingerprint density at radius 2 is 2.10 bits per heavy atom. The molecule has 2 aliphatic rings. The van der Waals surface area contributed by atoms with Gasteiger partial charge in [0.2, 0.25) is 0 Å². The average molecular weight is 289 g/mol. The molecule has 5 heteroatoms. The Morgan fingerprint density at radius 3 is 2.90 bits per heavy atom. The molecule has 1 N–H and O–H groups in total. The first-order chi connectivity index (χ1) is 10.2.